The van der Waals surface area contributed by atoms with Gasteiger partial charge in [0.2, 0.25) is 0 Å². The first kappa shape index (κ1) is 25.4. The highest BCUT2D eigenvalue weighted by atomic mass is 19.1. The number of benzene rings is 2. The van der Waals surface area contributed by atoms with Crippen molar-refractivity contribution in [3.63, 3.8) is 0 Å². The lowest BCUT2D eigenvalue weighted by molar-refractivity contribution is 0.0316. The molecule has 0 spiro atoms. The predicted octanol–water partition coefficient (Wildman–Crippen LogP) is 9.40. The normalized spacial score (nSPS) is 26.4. The van der Waals surface area contributed by atoms with Gasteiger partial charge in [-0.1, -0.05) is 51.0 Å². The fourth-order valence-corrected chi connectivity index (χ4v) is 6.74. The SMILES string of the molecule is CCCC1CCC(c2cc(F)c(-c3ccc(C4CCC(C(CC)OC)CC4)cc3)c(F)c2)CC1. The Hall–Kier alpha value is -1.74. The van der Waals surface area contributed by atoms with E-state index in [9.17, 15) is 0 Å². The highest BCUT2D eigenvalue weighted by Crippen LogP contribution is 2.41. The van der Waals surface area contributed by atoms with Crippen molar-refractivity contribution in [3.05, 3.63) is 59.2 Å². The van der Waals surface area contributed by atoms with E-state index in [1.54, 1.807) is 12.1 Å². The smallest absolute Gasteiger partial charge is 0.134 e. The molecule has 0 aromatic heterocycles. The van der Waals surface area contributed by atoms with Gasteiger partial charge < -0.3 is 4.74 Å². The Morgan fingerprint density at radius 3 is 1.88 bits per heavy atom. The number of rotatable bonds is 8. The van der Waals surface area contributed by atoms with Crippen molar-refractivity contribution in [2.24, 2.45) is 11.8 Å². The van der Waals surface area contributed by atoms with Gasteiger partial charge in [0.25, 0.3) is 0 Å². The number of halogens is 2. The Morgan fingerprint density at radius 2 is 1.35 bits per heavy atom. The first-order valence-corrected chi connectivity index (χ1v) is 13.7. The summed E-state index contributed by atoms with van der Waals surface area (Å²) in [5, 5.41) is 0. The summed E-state index contributed by atoms with van der Waals surface area (Å²) in [7, 11) is 1.82. The molecular formula is C31H42F2O. The van der Waals surface area contributed by atoms with Crippen LogP contribution in [0.3, 0.4) is 0 Å². The fourth-order valence-electron chi connectivity index (χ4n) is 6.74. The summed E-state index contributed by atoms with van der Waals surface area (Å²) in [5.41, 5.74) is 2.87. The predicted molar refractivity (Wildman–Crippen MR) is 137 cm³/mol. The van der Waals surface area contributed by atoms with E-state index in [0.717, 1.165) is 43.6 Å². The van der Waals surface area contributed by atoms with Gasteiger partial charge in [-0.05, 0) is 110 Å². The van der Waals surface area contributed by atoms with Gasteiger partial charge in [0.1, 0.15) is 11.6 Å². The summed E-state index contributed by atoms with van der Waals surface area (Å²) in [5.74, 6) is 1.40. The molecule has 1 nitrogen and oxygen atoms in total. The molecule has 0 N–H and O–H groups in total. The lowest BCUT2D eigenvalue weighted by Crippen LogP contribution is -2.26. The van der Waals surface area contributed by atoms with Crippen molar-refractivity contribution in [2.45, 2.75) is 102 Å². The van der Waals surface area contributed by atoms with Gasteiger partial charge in [0, 0.05) is 7.11 Å². The average Bonchev–Trinajstić information content (AvgIpc) is 2.86. The van der Waals surface area contributed by atoms with Crippen LogP contribution in [-0.4, -0.2) is 13.2 Å². The van der Waals surface area contributed by atoms with Crippen LogP contribution in [0, 0.1) is 23.5 Å². The second-order valence-corrected chi connectivity index (χ2v) is 10.8. The Labute approximate surface area is 205 Å². The zero-order valence-corrected chi connectivity index (χ0v) is 21.3. The molecule has 34 heavy (non-hydrogen) atoms. The Bertz CT molecular complexity index is 879. The summed E-state index contributed by atoms with van der Waals surface area (Å²) in [6.45, 7) is 4.43. The molecule has 2 saturated carbocycles. The van der Waals surface area contributed by atoms with Crippen molar-refractivity contribution in [1.82, 2.24) is 0 Å². The summed E-state index contributed by atoms with van der Waals surface area (Å²) in [6, 6.07) is 11.2. The van der Waals surface area contributed by atoms with Crippen LogP contribution < -0.4 is 0 Å². The quantitative estimate of drug-likeness (QED) is 0.375. The van der Waals surface area contributed by atoms with Crippen molar-refractivity contribution < 1.29 is 13.5 Å². The van der Waals surface area contributed by atoms with E-state index >= 15 is 8.78 Å². The molecule has 2 fully saturated rings. The summed E-state index contributed by atoms with van der Waals surface area (Å²) in [6.07, 6.45) is 13.1. The third-order valence-corrected chi connectivity index (χ3v) is 8.75. The van der Waals surface area contributed by atoms with E-state index in [-0.39, 0.29) is 11.5 Å². The Kier molecular flexibility index (Phi) is 8.80. The monoisotopic (exact) mass is 468 g/mol. The van der Waals surface area contributed by atoms with E-state index in [4.69, 9.17) is 4.74 Å². The average molecular weight is 469 g/mol. The molecule has 0 amide bonds. The van der Waals surface area contributed by atoms with Gasteiger partial charge >= 0.3 is 0 Å². The van der Waals surface area contributed by atoms with Gasteiger partial charge in [-0.2, -0.15) is 0 Å². The molecule has 0 radical (unpaired) electrons. The molecule has 4 rings (SSSR count). The number of hydrogen-bond acceptors (Lipinski definition) is 1. The van der Waals surface area contributed by atoms with Crippen molar-refractivity contribution in [3.8, 4) is 11.1 Å². The first-order chi connectivity index (χ1) is 16.5. The van der Waals surface area contributed by atoms with Crippen LogP contribution >= 0.6 is 0 Å². The second-order valence-electron chi connectivity index (χ2n) is 10.8. The third-order valence-electron chi connectivity index (χ3n) is 8.75. The van der Waals surface area contributed by atoms with Crippen molar-refractivity contribution in [1.29, 1.82) is 0 Å². The van der Waals surface area contributed by atoms with Crippen LogP contribution in [0.2, 0.25) is 0 Å². The van der Waals surface area contributed by atoms with E-state index < -0.39 is 11.6 Å². The maximum Gasteiger partial charge on any atom is 0.134 e. The molecule has 0 bridgehead atoms. The van der Waals surface area contributed by atoms with Crippen LogP contribution in [0.25, 0.3) is 11.1 Å². The van der Waals surface area contributed by atoms with E-state index in [1.165, 1.54) is 44.1 Å². The van der Waals surface area contributed by atoms with Gasteiger partial charge in [0.05, 0.1) is 11.7 Å². The molecule has 2 aliphatic carbocycles. The van der Waals surface area contributed by atoms with E-state index in [0.29, 0.717) is 23.5 Å². The van der Waals surface area contributed by atoms with Crippen LogP contribution in [0.1, 0.15) is 107 Å². The molecule has 0 heterocycles. The molecule has 186 valence electrons. The largest absolute Gasteiger partial charge is 0.381 e. The number of methoxy groups -OCH3 is 1. The molecule has 2 aromatic rings. The van der Waals surface area contributed by atoms with Crippen LogP contribution in [0.4, 0.5) is 8.78 Å². The summed E-state index contributed by atoms with van der Waals surface area (Å²) in [4.78, 5) is 0. The van der Waals surface area contributed by atoms with Gasteiger partial charge in [0.15, 0.2) is 0 Å². The Balaban J connectivity index is 1.42. The summed E-state index contributed by atoms with van der Waals surface area (Å²) < 4.78 is 35.9. The molecule has 2 aromatic carbocycles. The molecule has 3 heteroatoms. The van der Waals surface area contributed by atoms with Crippen LogP contribution in [0.15, 0.2) is 36.4 Å². The minimum atomic E-state index is -0.427. The topological polar surface area (TPSA) is 9.23 Å². The molecule has 0 saturated heterocycles. The van der Waals surface area contributed by atoms with Crippen LogP contribution in [0.5, 0.6) is 0 Å². The van der Waals surface area contributed by atoms with E-state index in [1.807, 2.05) is 19.2 Å². The highest BCUT2D eigenvalue weighted by Gasteiger charge is 2.28. The van der Waals surface area contributed by atoms with Gasteiger partial charge in [-0.3, -0.25) is 0 Å². The zero-order chi connectivity index (χ0) is 24.1. The summed E-state index contributed by atoms with van der Waals surface area (Å²) >= 11 is 0. The van der Waals surface area contributed by atoms with Crippen molar-refractivity contribution >= 4 is 0 Å². The fraction of sp³-hybridized carbons (Fsp3) is 0.613. The Morgan fingerprint density at radius 1 is 0.794 bits per heavy atom. The second kappa shape index (κ2) is 11.8. The lowest BCUT2D eigenvalue weighted by atomic mass is 9.76. The number of ether oxygens (including phenoxy) is 1. The maximum atomic E-state index is 15.1. The molecule has 1 atom stereocenters. The van der Waals surface area contributed by atoms with Crippen molar-refractivity contribution in [2.75, 3.05) is 7.11 Å². The lowest BCUT2D eigenvalue weighted by Gasteiger charge is -2.33. The minimum Gasteiger partial charge on any atom is -0.381 e. The molecule has 0 aliphatic heterocycles. The van der Waals surface area contributed by atoms with Gasteiger partial charge in [-0.15, -0.1) is 0 Å². The first-order valence-electron chi connectivity index (χ1n) is 13.7. The van der Waals surface area contributed by atoms with E-state index in [2.05, 4.69) is 26.0 Å². The zero-order valence-electron chi connectivity index (χ0n) is 21.3. The molecule has 2 aliphatic rings. The molecule has 1 unspecified atom stereocenters. The van der Waals surface area contributed by atoms with Crippen LogP contribution in [-0.2, 0) is 4.74 Å². The third kappa shape index (κ3) is 5.73. The highest BCUT2D eigenvalue weighted by molar-refractivity contribution is 5.66. The number of hydrogen-bond donors (Lipinski definition) is 0. The molecular weight excluding hydrogens is 426 g/mol. The minimum absolute atomic E-state index is 0.115. The van der Waals surface area contributed by atoms with Gasteiger partial charge in [-0.25, -0.2) is 8.78 Å². The standard InChI is InChI=1S/C31H42F2O/c1-4-6-21-7-9-24(10-8-21)27-19-28(32)31(29(33)20-27)26-17-13-23(14-18-26)22-11-15-25(16-12-22)30(5-2)34-3/h13-14,17-22,24-25,30H,4-12,15-16H2,1-3H3. The maximum absolute atomic E-state index is 15.1.